The van der Waals surface area contributed by atoms with E-state index < -0.39 is 0 Å². The van der Waals surface area contributed by atoms with Crippen molar-refractivity contribution in [2.75, 3.05) is 11.1 Å². The molecule has 0 bridgehead atoms. The first-order valence-corrected chi connectivity index (χ1v) is 4.96. The Hall–Kier alpha value is -1.82. The van der Waals surface area contributed by atoms with Crippen LogP contribution in [-0.4, -0.2) is 15.0 Å². The van der Waals surface area contributed by atoms with Gasteiger partial charge < -0.3 is 15.5 Å². The van der Waals surface area contributed by atoms with Gasteiger partial charge in [0.2, 0.25) is 11.8 Å². The fraction of sp³-hybridized carbons (Fsp3) is 0.222. The van der Waals surface area contributed by atoms with Crippen molar-refractivity contribution in [3.05, 3.63) is 29.1 Å². The first kappa shape index (κ1) is 10.7. The summed E-state index contributed by atoms with van der Waals surface area (Å²) < 4.78 is 5.28. The molecule has 0 unspecified atom stereocenters. The Balaban J connectivity index is 2.04. The molecule has 2 aromatic rings. The van der Waals surface area contributed by atoms with E-state index in [1.165, 1.54) is 0 Å². The molecular formula is C9H10ClN5O. The number of anilines is 2. The van der Waals surface area contributed by atoms with E-state index in [0.29, 0.717) is 23.4 Å². The summed E-state index contributed by atoms with van der Waals surface area (Å²) in [5.41, 5.74) is 5.45. The van der Waals surface area contributed by atoms with Crippen molar-refractivity contribution in [3.8, 4) is 0 Å². The second-order valence-electron chi connectivity index (χ2n) is 3.15. The third kappa shape index (κ3) is 2.60. The number of nitrogens with zero attached hydrogens (tertiary/aromatic N) is 3. The predicted molar refractivity (Wildman–Crippen MR) is 60.0 cm³/mol. The number of oxazole rings is 1. The highest BCUT2D eigenvalue weighted by Gasteiger charge is 2.03. The molecule has 0 saturated heterocycles. The van der Waals surface area contributed by atoms with Gasteiger partial charge in [0.1, 0.15) is 16.7 Å². The van der Waals surface area contributed by atoms with Gasteiger partial charge in [-0.2, -0.15) is 4.98 Å². The highest BCUT2D eigenvalue weighted by molar-refractivity contribution is 6.29. The van der Waals surface area contributed by atoms with Crippen LogP contribution in [0.4, 0.5) is 11.8 Å². The number of nitrogens with one attached hydrogen (secondary N) is 1. The second kappa shape index (κ2) is 4.36. The quantitative estimate of drug-likeness (QED) is 0.791. The molecule has 0 aliphatic carbocycles. The highest BCUT2D eigenvalue weighted by Crippen LogP contribution is 2.13. The summed E-state index contributed by atoms with van der Waals surface area (Å²) in [7, 11) is 0. The number of hydrogen-bond donors (Lipinski definition) is 2. The topological polar surface area (TPSA) is 89.9 Å². The molecule has 0 amide bonds. The van der Waals surface area contributed by atoms with Crippen molar-refractivity contribution >= 4 is 23.4 Å². The van der Waals surface area contributed by atoms with E-state index in [-0.39, 0.29) is 5.95 Å². The van der Waals surface area contributed by atoms with Gasteiger partial charge in [0.25, 0.3) is 0 Å². The largest absolute Gasteiger partial charge is 0.444 e. The van der Waals surface area contributed by atoms with Crippen molar-refractivity contribution in [1.82, 2.24) is 15.0 Å². The minimum atomic E-state index is 0.124. The van der Waals surface area contributed by atoms with Gasteiger partial charge >= 0.3 is 0 Å². The molecule has 2 aromatic heterocycles. The van der Waals surface area contributed by atoms with Gasteiger partial charge in [-0.25, -0.2) is 9.97 Å². The minimum Gasteiger partial charge on any atom is -0.444 e. The van der Waals surface area contributed by atoms with E-state index in [1.54, 1.807) is 12.3 Å². The summed E-state index contributed by atoms with van der Waals surface area (Å²) in [6.45, 7) is 2.25. The average Bonchev–Trinajstić information content (AvgIpc) is 2.60. The Morgan fingerprint density at radius 2 is 2.31 bits per heavy atom. The molecule has 84 valence electrons. The molecule has 0 aliphatic heterocycles. The summed E-state index contributed by atoms with van der Waals surface area (Å²) in [6.07, 6.45) is 1.65. The summed E-state index contributed by atoms with van der Waals surface area (Å²) in [4.78, 5) is 11.7. The fourth-order valence-corrected chi connectivity index (χ4v) is 1.37. The van der Waals surface area contributed by atoms with Crippen molar-refractivity contribution in [2.45, 2.75) is 13.5 Å². The lowest BCUT2D eigenvalue weighted by molar-refractivity contribution is 0.479. The first-order chi connectivity index (χ1) is 7.63. The van der Waals surface area contributed by atoms with Crippen LogP contribution in [0.15, 0.2) is 16.7 Å². The highest BCUT2D eigenvalue weighted by atomic mass is 35.5. The van der Waals surface area contributed by atoms with Gasteiger partial charge in [-0.05, 0) is 6.92 Å². The molecule has 0 atom stereocenters. The third-order valence-corrected chi connectivity index (χ3v) is 2.00. The lowest BCUT2D eigenvalue weighted by Gasteiger charge is -2.03. The van der Waals surface area contributed by atoms with Crippen LogP contribution in [-0.2, 0) is 6.54 Å². The lowest BCUT2D eigenvalue weighted by Crippen LogP contribution is -2.04. The van der Waals surface area contributed by atoms with Gasteiger partial charge in [0, 0.05) is 6.07 Å². The number of halogens is 1. The Bertz CT molecular complexity index is 478. The fourth-order valence-electron chi connectivity index (χ4n) is 1.18. The van der Waals surface area contributed by atoms with Crippen molar-refractivity contribution in [2.24, 2.45) is 0 Å². The van der Waals surface area contributed by atoms with Crippen LogP contribution in [0, 0.1) is 6.92 Å². The zero-order chi connectivity index (χ0) is 11.5. The number of nitrogen functional groups attached to an aromatic ring is 1. The normalized spacial score (nSPS) is 10.4. The number of nitrogens with two attached hydrogens (primary N) is 1. The molecule has 2 heterocycles. The lowest BCUT2D eigenvalue weighted by atomic mass is 10.5. The third-order valence-electron chi connectivity index (χ3n) is 1.80. The molecule has 0 aromatic carbocycles. The Morgan fingerprint density at radius 3 is 2.94 bits per heavy atom. The van der Waals surface area contributed by atoms with Gasteiger partial charge in [0.15, 0.2) is 0 Å². The van der Waals surface area contributed by atoms with E-state index in [9.17, 15) is 0 Å². The molecule has 0 saturated carbocycles. The van der Waals surface area contributed by atoms with E-state index in [2.05, 4.69) is 20.3 Å². The number of aryl methyl sites for hydroxylation is 1. The van der Waals surface area contributed by atoms with Gasteiger partial charge in [0.05, 0.1) is 12.7 Å². The number of rotatable bonds is 3. The molecule has 7 heteroatoms. The molecule has 16 heavy (non-hydrogen) atoms. The van der Waals surface area contributed by atoms with Crippen molar-refractivity contribution in [1.29, 1.82) is 0 Å². The van der Waals surface area contributed by atoms with E-state index in [1.807, 2.05) is 6.92 Å². The summed E-state index contributed by atoms with van der Waals surface area (Å²) in [5, 5.41) is 3.27. The SMILES string of the molecule is Cc1cnc(CNc2cc(Cl)nc(N)n2)o1. The standard InChI is InChI=1S/C9H10ClN5O/c1-5-3-13-8(16-5)4-12-7-2-6(10)14-9(11)15-7/h2-3H,4H2,1H3,(H3,11,12,14,15). The summed E-state index contributed by atoms with van der Waals surface area (Å²) in [6, 6.07) is 1.58. The van der Waals surface area contributed by atoms with E-state index in [0.717, 1.165) is 5.76 Å². The molecular weight excluding hydrogens is 230 g/mol. The van der Waals surface area contributed by atoms with Gasteiger partial charge in [-0.1, -0.05) is 11.6 Å². The maximum atomic E-state index is 5.73. The van der Waals surface area contributed by atoms with Gasteiger partial charge in [-0.3, -0.25) is 0 Å². The Morgan fingerprint density at radius 1 is 1.50 bits per heavy atom. The van der Waals surface area contributed by atoms with Crippen LogP contribution in [0.2, 0.25) is 5.15 Å². The molecule has 0 fully saturated rings. The maximum Gasteiger partial charge on any atom is 0.223 e. The van der Waals surface area contributed by atoms with Gasteiger partial charge in [-0.15, -0.1) is 0 Å². The molecule has 0 aliphatic rings. The number of hydrogen-bond acceptors (Lipinski definition) is 6. The van der Waals surface area contributed by atoms with Crippen molar-refractivity contribution in [3.63, 3.8) is 0 Å². The Kier molecular flexibility index (Phi) is 2.91. The smallest absolute Gasteiger partial charge is 0.223 e. The van der Waals surface area contributed by atoms with E-state index >= 15 is 0 Å². The number of aromatic nitrogens is 3. The van der Waals surface area contributed by atoms with Crippen LogP contribution in [0.25, 0.3) is 0 Å². The molecule has 0 radical (unpaired) electrons. The molecule has 3 N–H and O–H groups in total. The Labute approximate surface area is 96.9 Å². The van der Waals surface area contributed by atoms with Crippen LogP contribution in [0.1, 0.15) is 11.7 Å². The second-order valence-corrected chi connectivity index (χ2v) is 3.54. The van der Waals surface area contributed by atoms with E-state index in [4.69, 9.17) is 21.8 Å². The first-order valence-electron chi connectivity index (χ1n) is 4.59. The summed E-state index contributed by atoms with van der Waals surface area (Å²) >= 11 is 5.73. The van der Waals surface area contributed by atoms with Crippen molar-refractivity contribution < 1.29 is 4.42 Å². The maximum absolute atomic E-state index is 5.73. The van der Waals surface area contributed by atoms with Crippen LogP contribution in [0.5, 0.6) is 0 Å². The monoisotopic (exact) mass is 239 g/mol. The minimum absolute atomic E-state index is 0.124. The predicted octanol–water partition coefficient (Wildman–Crippen LogP) is 1.62. The zero-order valence-electron chi connectivity index (χ0n) is 8.57. The van der Waals surface area contributed by atoms with Crippen LogP contribution >= 0.6 is 11.6 Å². The van der Waals surface area contributed by atoms with Crippen LogP contribution in [0.3, 0.4) is 0 Å². The zero-order valence-corrected chi connectivity index (χ0v) is 9.32. The summed E-state index contributed by atoms with van der Waals surface area (Å²) in [5.74, 6) is 2.00. The molecule has 6 nitrogen and oxygen atoms in total. The molecule has 0 spiro atoms. The molecule has 2 rings (SSSR count). The van der Waals surface area contributed by atoms with Crippen LogP contribution < -0.4 is 11.1 Å². The average molecular weight is 240 g/mol.